The summed E-state index contributed by atoms with van der Waals surface area (Å²) in [6.07, 6.45) is 0. The largest absolute Gasteiger partial charge is 0.494 e. The summed E-state index contributed by atoms with van der Waals surface area (Å²) in [7, 11) is 0. The van der Waals surface area contributed by atoms with Gasteiger partial charge in [-0.25, -0.2) is 4.98 Å². The Kier molecular flexibility index (Phi) is 4.35. The zero-order valence-corrected chi connectivity index (χ0v) is 11.9. The number of aromatic nitrogens is 1. The summed E-state index contributed by atoms with van der Waals surface area (Å²) in [6, 6.07) is 11.0. The van der Waals surface area contributed by atoms with Gasteiger partial charge < -0.3 is 10.1 Å². The fraction of sp³-hybridized carbons (Fsp3) is 0.250. The number of nitrogens with one attached hydrogen (secondary N) is 1. The Balaban J connectivity index is 2.10. The molecule has 4 nitrogen and oxygen atoms in total. The third-order valence-electron chi connectivity index (χ3n) is 2.75. The van der Waals surface area contributed by atoms with Crippen molar-refractivity contribution < 1.29 is 9.53 Å². The first-order valence-electron chi connectivity index (χ1n) is 6.58. The second kappa shape index (κ2) is 6.19. The van der Waals surface area contributed by atoms with Gasteiger partial charge in [-0.3, -0.25) is 4.79 Å². The van der Waals surface area contributed by atoms with Crippen molar-refractivity contribution in [3.8, 4) is 5.75 Å². The summed E-state index contributed by atoms with van der Waals surface area (Å²) >= 11 is 0. The number of anilines is 1. The molecule has 2 aromatic rings. The zero-order valence-electron chi connectivity index (χ0n) is 11.9. The number of hydrogen-bond acceptors (Lipinski definition) is 3. The average Bonchev–Trinajstić information content (AvgIpc) is 2.40. The van der Waals surface area contributed by atoms with Crippen molar-refractivity contribution >= 4 is 11.6 Å². The number of pyridine rings is 1. The van der Waals surface area contributed by atoms with Crippen LogP contribution < -0.4 is 10.1 Å². The van der Waals surface area contributed by atoms with E-state index >= 15 is 0 Å². The molecule has 1 heterocycles. The van der Waals surface area contributed by atoms with Gasteiger partial charge in [-0.2, -0.15) is 0 Å². The molecule has 0 saturated heterocycles. The Labute approximate surface area is 118 Å². The predicted molar refractivity (Wildman–Crippen MR) is 79.3 cm³/mol. The van der Waals surface area contributed by atoms with Crippen LogP contribution in [0.5, 0.6) is 5.75 Å². The molecule has 0 aliphatic rings. The first-order valence-corrected chi connectivity index (χ1v) is 6.58. The lowest BCUT2D eigenvalue weighted by Crippen LogP contribution is -2.14. The van der Waals surface area contributed by atoms with E-state index in [1.165, 1.54) is 0 Å². The van der Waals surface area contributed by atoms with Crippen molar-refractivity contribution in [1.82, 2.24) is 4.98 Å². The number of amides is 1. The number of carbonyl (C=O) groups is 1. The lowest BCUT2D eigenvalue weighted by atomic mass is 10.2. The van der Waals surface area contributed by atoms with Crippen LogP contribution in [0.2, 0.25) is 0 Å². The summed E-state index contributed by atoms with van der Waals surface area (Å²) in [6.45, 7) is 6.38. The number of benzene rings is 1. The molecule has 0 spiro atoms. The van der Waals surface area contributed by atoms with Crippen molar-refractivity contribution in [1.29, 1.82) is 0 Å². The van der Waals surface area contributed by atoms with Crippen molar-refractivity contribution in [3.05, 3.63) is 53.3 Å². The SMILES string of the molecule is CCOc1ccc(NC(=O)c2cc(C)cc(C)n2)cc1. The monoisotopic (exact) mass is 270 g/mol. The van der Waals surface area contributed by atoms with Crippen LogP contribution in [-0.4, -0.2) is 17.5 Å². The van der Waals surface area contributed by atoms with Crippen LogP contribution in [0.15, 0.2) is 36.4 Å². The smallest absolute Gasteiger partial charge is 0.274 e. The predicted octanol–water partition coefficient (Wildman–Crippen LogP) is 3.35. The van der Waals surface area contributed by atoms with Gasteiger partial charge >= 0.3 is 0 Å². The van der Waals surface area contributed by atoms with Gasteiger partial charge in [-0.05, 0) is 62.7 Å². The highest BCUT2D eigenvalue weighted by Gasteiger charge is 2.08. The van der Waals surface area contributed by atoms with Gasteiger partial charge in [0.1, 0.15) is 11.4 Å². The van der Waals surface area contributed by atoms with E-state index in [0.29, 0.717) is 12.3 Å². The van der Waals surface area contributed by atoms with Gasteiger partial charge in [0.25, 0.3) is 5.91 Å². The van der Waals surface area contributed by atoms with Crippen LogP contribution >= 0.6 is 0 Å². The van der Waals surface area contributed by atoms with Gasteiger partial charge in [0.15, 0.2) is 0 Å². The summed E-state index contributed by atoms with van der Waals surface area (Å²) in [5.74, 6) is 0.580. The van der Waals surface area contributed by atoms with E-state index in [0.717, 1.165) is 22.7 Å². The number of nitrogens with zero attached hydrogens (tertiary/aromatic N) is 1. The summed E-state index contributed by atoms with van der Waals surface area (Å²) < 4.78 is 5.36. The number of aryl methyl sites for hydroxylation is 2. The number of carbonyl (C=O) groups excluding carboxylic acids is 1. The number of hydrogen-bond donors (Lipinski definition) is 1. The molecule has 1 aromatic heterocycles. The molecule has 0 atom stereocenters. The van der Waals surface area contributed by atoms with Crippen molar-refractivity contribution in [2.45, 2.75) is 20.8 Å². The summed E-state index contributed by atoms with van der Waals surface area (Å²) in [4.78, 5) is 16.4. The second-order valence-corrected chi connectivity index (χ2v) is 4.58. The van der Waals surface area contributed by atoms with E-state index in [2.05, 4.69) is 10.3 Å². The van der Waals surface area contributed by atoms with Crippen LogP contribution in [0, 0.1) is 13.8 Å². The third kappa shape index (κ3) is 3.57. The van der Waals surface area contributed by atoms with E-state index in [4.69, 9.17) is 4.74 Å². The molecule has 1 N–H and O–H groups in total. The minimum atomic E-state index is -0.207. The van der Waals surface area contributed by atoms with Gasteiger partial charge in [0.2, 0.25) is 0 Å². The van der Waals surface area contributed by atoms with Crippen molar-refractivity contribution in [3.63, 3.8) is 0 Å². The van der Waals surface area contributed by atoms with E-state index in [1.807, 2.05) is 51.1 Å². The summed E-state index contributed by atoms with van der Waals surface area (Å²) in [5.41, 5.74) is 3.01. The maximum atomic E-state index is 12.1. The highest BCUT2D eigenvalue weighted by Crippen LogP contribution is 2.16. The normalized spacial score (nSPS) is 10.2. The fourth-order valence-corrected chi connectivity index (χ4v) is 1.95. The molecule has 104 valence electrons. The van der Waals surface area contributed by atoms with Gasteiger partial charge in [0.05, 0.1) is 6.61 Å². The Morgan fingerprint density at radius 1 is 1.20 bits per heavy atom. The minimum absolute atomic E-state index is 0.207. The zero-order chi connectivity index (χ0) is 14.5. The van der Waals surface area contributed by atoms with E-state index in [-0.39, 0.29) is 5.91 Å². The van der Waals surface area contributed by atoms with Gasteiger partial charge in [-0.1, -0.05) is 0 Å². The molecule has 1 amide bonds. The Morgan fingerprint density at radius 2 is 1.90 bits per heavy atom. The second-order valence-electron chi connectivity index (χ2n) is 4.58. The van der Waals surface area contributed by atoms with Crippen molar-refractivity contribution in [2.75, 3.05) is 11.9 Å². The standard InChI is InChI=1S/C16H18N2O2/c1-4-20-14-7-5-13(6-8-14)18-16(19)15-10-11(2)9-12(3)17-15/h5-10H,4H2,1-3H3,(H,18,19). The number of ether oxygens (including phenoxy) is 1. The maximum absolute atomic E-state index is 12.1. The molecular formula is C16H18N2O2. The third-order valence-corrected chi connectivity index (χ3v) is 2.75. The van der Waals surface area contributed by atoms with Crippen LogP contribution in [-0.2, 0) is 0 Å². The highest BCUT2D eigenvalue weighted by molar-refractivity contribution is 6.03. The van der Waals surface area contributed by atoms with Gasteiger partial charge in [0, 0.05) is 11.4 Å². The molecular weight excluding hydrogens is 252 g/mol. The van der Waals surface area contributed by atoms with Crippen LogP contribution in [0.1, 0.15) is 28.7 Å². The fourth-order valence-electron chi connectivity index (χ4n) is 1.95. The molecule has 0 aliphatic heterocycles. The Morgan fingerprint density at radius 3 is 2.50 bits per heavy atom. The van der Waals surface area contributed by atoms with E-state index < -0.39 is 0 Å². The molecule has 2 rings (SSSR count). The first-order chi connectivity index (χ1) is 9.58. The lowest BCUT2D eigenvalue weighted by Gasteiger charge is -2.07. The van der Waals surface area contributed by atoms with Crippen LogP contribution in [0.3, 0.4) is 0 Å². The average molecular weight is 270 g/mol. The Bertz CT molecular complexity index is 586. The quantitative estimate of drug-likeness (QED) is 0.927. The molecule has 0 fully saturated rings. The molecule has 4 heteroatoms. The molecule has 0 saturated carbocycles. The topological polar surface area (TPSA) is 51.2 Å². The highest BCUT2D eigenvalue weighted by atomic mass is 16.5. The maximum Gasteiger partial charge on any atom is 0.274 e. The van der Waals surface area contributed by atoms with Crippen LogP contribution in [0.25, 0.3) is 0 Å². The summed E-state index contributed by atoms with van der Waals surface area (Å²) in [5, 5.41) is 2.82. The molecule has 0 radical (unpaired) electrons. The van der Waals surface area contributed by atoms with Crippen molar-refractivity contribution in [2.24, 2.45) is 0 Å². The molecule has 0 bridgehead atoms. The van der Waals surface area contributed by atoms with E-state index in [9.17, 15) is 4.79 Å². The number of rotatable bonds is 4. The van der Waals surface area contributed by atoms with Gasteiger partial charge in [-0.15, -0.1) is 0 Å². The van der Waals surface area contributed by atoms with E-state index in [1.54, 1.807) is 6.07 Å². The van der Waals surface area contributed by atoms with Crippen LogP contribution in [0.4, 0.5) is 5.69 Å². The first kappa shape index (κ1) is 14.1. The molecule has 1 aromatic carbocycles. The Hall–Kier alpha value is -2.36. The molecule has 0 unspecified atom stereocenters. The molecule has 0 aliphatic carbocycles. The molecule has 20 heavy (non-hydrogen) atoms. The lowest BCUT2D eigenvalue weighted by molar-refractivity contribution is 0.102. The minimum Gasteiger partial charge on any atom is -0.494 e.